The van der Waals surface area contributed by atoms with Gasteiger partial charge in [0.25, 0.3) is 0 Å². The van der Waals surface area contributed by atoms with Gasteiger partial charge in [0.1, 0.15) is 30.0 Å². The van der Waals surface area contributed by atoms with Crippen LogP contribution in [0.1, 0.15) is 23.6 Å². The van der Waals surface area contributed by atoms with Gasteiger partial charge >= 0.3 is 0 Å². The van der Waals surface area contributed by atoms with Gasteiger partial charge in [-0.05, 0) is 48.7 Å². The molecule has 0 fully saturated rings. The molecule has 0 aliphatic rings. The van der Waals surface area contributed by atoms with E-state index in [0.29, 0.717) is 29.1 Å². The lowest BCUT2D eigenvalue weighted by atomic mass is 10.1. The van der Waals surface area contributed by atoms with Crippen LogP contribution < -0.4 is 14.9 Å². The molecule has 3 aromatic carbocycles. The first kappa shape index (κ1) is 18.8. The fraction of sp³-hybridized carbons (Fsp3) is 0.160. The molecule has 0 amide bonds. The van der Waals surface area contributed by atoms with Gasteiger partial charge in [0.15, 0.2) is 0 Å². The third-order valence-corrected chi connectivity index (χ3v) is 4.80. The van der Waals surface area contributed by atoms with Crippen molar-refractivity contribution in [2.75, 3.05) is 0 Å². The number of fused-ring (bicyclic) bond motifs is 1. The number of benzene rings is 3. The Balaban J connectivity index is 1.52. The minimum Gasteiger partial charge on any atom is -0.489 e. The van der Waals surface area contributed by atoms with Crippen LogP contribution >= 0.6 is 0 Å². The molecule has 4 rings (SSSR count). The zero-order valence-electron chi connectivity index (χ0n) is 16.5. The number of aryl methyl sites for hydroxylation is 2. The van der Waals surface area contributed by atoms with Crippen LogP contribution in [-0.2, 0) is 13.0 Å². The molecular weight excluding hydrogens is 364 g/mol. The molecule has 1 heterocycles. The van der Waals surface area contributed by atoms with Gasteiger partial charge in [-0.25, -0.2) is 0 Å². The second-order valence-corrected chi connectivity index (χ2v) is 6.96. The third kappa shape index (κ3) is 4.32. The van der Waals surface area contributed by atoms with Crippen LogP contribution in [0.3, 0.4) is 0 Å². The Morgan fingerprint density at radius 3 is 2.28 bits per heavy atom. The summed E-state index contributed by atoms with van der Waals surface area (Å²) >= 11 is 0. The SMILES string of the molecule is CCc1ccc(Oc2coc3cc(OCc4ccc(C)cc4)ccc3c2=O)cc1. The standard InChI is InChI=1S/C25H22O4/c1-3-18-8-10-20(11-9-18)29-24-16-28-23-14-21(12-13-22(23)25(24)26)27-15-19-6-4-17(2)5-7-19/h4-14,16H,3,15H2,1-2H3. The summed E-state index contributed by atoms with van der Waals surface area (Å²) in [7, 11) is 0. The van der Waals surface area contributed by atoms with Crippen molar-refractivity contribution in [1.29, 1.82) is 0 Å². The molecule has 0 spiro atoms. The molecule has 0 radical (unpaired) electrons. The van der Waals surface area contributed by atoms with Crippen LogP contribution in [0, 0.1) is 6.92 Å². The molecule has 4 aromatic rings. The Kier molecular flexibility index (Phi) is 5.34. The predicted octanol–water partition coefficient (Wildman–Crippen LogP) is 6.04. The Morgan fingerprint density at radius 2 is 1.55 bits per heavy atom. The first-order valence-corrected chi connectivity index (χ1v) is 9.63. The summed E-state index contributed by atoms with van der Waals surface area (Å²) in [6.07, 6.45) is 2.30. The Labute approximate surface area is 169 Å². The summed E-state index contributed by atoms with van der Waals surface area (Å²) in [5.41, 5.74) is 3.75. The maximum atomic E-state index is 12.8. The lowest BCUT2D eigenvalue weighted by Gasteiger charge is -2.09. The summed E-state index contributed by atoms with van der Waals surface area (Å²) in [6.45, 7) is 4.59. The van der Waals surface area contributed by atoms with E-state index in [-0.39, 0.29) is 11.2 Å². The quantitative estimate of drug-likeness (QED) is 0.406. The van der Waals surface area contributed by atoms with Gasteiger partial charge in [-0.3, -0.25) is 4.79 Å². The molecule has 0 N–H and O–H groups in total. The molecule has 0 bridgehead atoms. The second-order valence-electron chi connectivity index (χ2n) is 6.96. The molecule has 1 aromatic heterocycles. The molecule has 4 nitrogen and oxygen atoms in total. The van der Waals surface area contributed by atoms with Crippen LogP contribution in [0.25, 0.3) is 11.0 Å². The number of hydrogen-bond donors (Lipinski definition) is 0. The molecule has 0 saturated heterocycles. The molecule has 29 heavy (non-hydrogen) atoms. The minimum absolute atomic E-state index is 0.162. The van der Waals surface area contributed by atoms with Crippen molar-refractivity contribution >= 4 is 11.0 Å². The highest BCUT2D eigenvalue weighted by molar-refractivity contribution is 5.79. The fourth-order valence-electron chi connectivity index (χ4n) is 3.02. The lowest BCUT2D eigenvalue weighted by Crippen LogP contribution is -2.05. The normalized spacial score (nSPS) is 10.8. The first-order valence-electron chi connectivity index (χ1n) is 9.63. The monoisotopic (exact) mass is 386 g/mol. The highest BCUT2D eigenvalue weighted by Gasteiger charge is 2.10. The Hall–Kier alpha value is -3.53. The lowest BCUT2D eigenvalue weighted by molar-refractivity contribution is 0.306. The van der Waals surface area contributed by atoms with E-state index in [0.717, 1.165) is 12.0 Å². The largest absolute Gasteiger partial charge is 0.489 e. The molecule has 4 heteroatoms. The molecule has 0 atom stereocenters. The summed E-state index contributed by atoms with van der Waals surface area (Å²) in [5.74, 6) is 1.41. The van der Waals surface area contributed by atoms with E-state index in [1.807, 2.05) is 43.3 Å². The highest BCUT2D eigenvalue weighted by atomic mass is 16.5. The third-order valence-electron chi connectivity index (χ3n) is 4.80. The number of hydrogen-bond acceptors (Lipinski definition) is 4. The average molecular weight is 386 g/mol. The van der Waals surface area contributed by atoms with E-state index in [4.69, 9.17) is 13.9 Å². The maximum absolute atomic E-state index is 12.8. The fourth-order valence-corrected chi connectivity index (χ4v) is 3.02. The van der Waals surface area contributed by atoms with E-state index in [9.17, 15) is 4.79 Å². The Morgan fingerprint density at radius 1 is 0.862 bits per heavy atom. The zero-order valence-corrected chi connectivity index (χ0v) is 16.5. The van der Waals surface area contributed by atoms with E-state index in [1.165, 1.54) is 17.4 Å². The van der Waals surface area contributed by atoms with Gasteiger partial charge in [-0.15, -0.1) is 0 Å². The summed E-state index contributed by atoms with van der Waals surface area (Å²) in [4.78, 5) is 12.8. The molecule has 0 unspecified atom stereocenters. The van der Waals surface area contributed by atoms with Crippen molar-refractivity contribution in [3.8, 4) is 17.2 Å². The van der Waals surface area contributed by atoms with Crippen molar-refractivity contribution in [1.82, 2.24) is 0 Å². The van der Waals surface area contributed by atoms with E-state index >= 15 is 0 Å². The topological polar surface area (TPSA) is 48.7 Å². The number of ether oxygens (including phenoxy) is 2. The van der Waals surface area contributed by atoms with Gasteiger partial charge < -0.3 is 13.9 Å². The number of rotatable bonds is 6. The van der Waals surface area contributed by atoms with Crippen molar-refractivity contribution in [3.63, 3.8) is 0 Å². The minimum atomic E-state index is -0.212. The van der Waals surface area contributed by atoms with Gasteiger partial charge in [0.2, 0.25) is 11.2 Å². The van der Waals surface area contributed by atoms with E-state index in [2.05, 4.69) is 19.1 Å². The van der Waals surface area contributed by atoms with Gasteiger partial charge in [-0.2, -0.15) is 0 Å². The van der Waals surface area contributed by atoms with Crippen LogP contribution in [0.4, 0.5) is 0 Å². The smallest absolute Gasteiger partial charge is 0.235 e. The van der Waals surface area contributed by atoms with Gasteiger partial charge in [-0.1, -0.05) is 48.9 Å². The van der Waals surface area contributed by atoms with Crippen LogP contribution in [0.15, 0.2) is 82.2 Å². The molecular formula is C25H22O4. The summed E-state index contributed by atoms with van der Waals surface area (Å²) in [6, 6.07) is 21.0. The first-order chi connectivity index (χ1) is 14.1. The van der Waals surface area contributed by atoms with Crippen molar-refractivity contribution in [2.24, 2.45) is 0 Å². The summed E-state index contributed by atoms with van der Waals surface area (Å²) < 4.78 is 17.2. The van der Waals surface area contributed by atoms with E-state index in [1.54, 1.807) is 18.2 Å². The maximum Gasteiger partial charge on any atom is 0.235 e. The average Bonchev–Trinajstić information content (AvgIpc) is 2.76. The Bertz CT molecular complexity index is 1170. The second kappa shape index (κ2) is 8.23. The zero-order chi connectivity index (χ0) is 20.2. The van der Waals surface area contributed by atoms with Crippen molar-refractivity contribution in [2.45, 2.75) is 26.9 Å². The van der Waals surface area contributed by atoms with Crippen LogP contribution in [-0.4, -0.2) is 0 Å². The molecule has 0 aliphatic heterocycles. The molecule has 0 saturated carbocycles. The highest BCUT2D eigenvalue weighted by Crippen LogP contribution is 2.25. The van der Waals surface area contributed by atoms with Gasteiger partial charge in [0, 0.05) is 6.07 Å². The molecule has 0 aliphatic carbocycles. The van der Waals surface area contributed by atoms with Crippen LogP contribution in [0.5, 0.6) is 17.2 Å². The van der Waals surface area contributed by atoms with Gasteiger partial charge in [0.05, 0.1) is 5.39 Å². The molecule has 146 valence electrons. The van der Waals surface area contributed by atoms with Crippen molar-refractivity contribution < 1.29 is 13.9 Å². The summed E-state index contributed by atoms with van der Waals surface area (Å²) in [5, 5.41) is 0.454. The van der Waals surface area contributed by atoms with Crippen LogP contribution in [0.2, 0.25) is 0 Å². The van der Waals surface area contributed by atoms with Crippen molar-refractivity contribution in [3.05, 3.63) is 99.9 Å². The van der Waals surface area contributed by atoms with E-state index < -0.39 is 0 Å². The predicted molar refractivity (Wildman–Crippen MR) is 114 cm³/mol.